The second-order valence-electron chi connectivity index (χ2n) is 2.63. The Hall–Kier alpha value is -1.91. The number of aryl methyl sites for hydroxylation is 1. The van der Waals surface area contributed by atoms with Gasteiger partial charge in [-0.3, -0.25) is 0 Å². The lowest BCUT2D eigenvalue weighted by Crippen LogP contribution is -1.83. The molecule has 0 spiro atoms. The zero-order valence-electron chi connectivity index (χ0n) is 6.93. The quantitative estimate of drug-likeness (QED) is 0.405. The summed E-state index contributed by atoms with van der Waals surface area (Å²) in [6.07, 6.45) is 2.85. The molecular formula is C8H7N3O2. The minimum atomic E-state index is 0.493. The zero-order chi connectivity index (χ0) is 9.26. The number of nitrogens with zero attached hydrogens (tertiary/aromatic N) is 3. The van der Waals surface area contributed by atoms with E-state index in [1.807, 2.05) is 6.92 Å². The van der Waals surface area contributed by atoms with Crippen molar-refractivity contribution in [2.75, 3.05) is 0 Å². The van der Waals surface area contributed by atoms with Crippen LogP contribution in [0.1, 0.15) is 11.3 Å². The molecule has 5 heteroatoms. The third-order valence-corrected chi connectivity index (χ3v) is 1.74. The molecule has 2 rings (SSSR count). The molecule has 0 saturated heterocycles. The standard InChI is InChI=1S/C8H7N3O2/c1-5-7-2-6(4-10-12)3-9-8(7)13-11-5/h2-4,12H,1H3/b10-4+. The first kappa shape index (κ1) is 7.72. The van der Waals surface area contributed by atoms with Crippen LogP contribution in [0.5, 0.6) is 0 Å². The maximum atomic E-state index is 8.31. The van der Waals surface area contributed by atoms with Crippen LogP contribution in [-0.4, -0.2) is 21.6 Å². The van der Waals surface area contributed by atoms with Gasteiger partial charge in [-0.15, -0.1) is 0 Å². The van der Waals surface area contributed by atoms with Crippen molar-refractivity contribution >= 4 is 17.3 Å². The van der Waals surface area contributed by atoms with Crippen LogP contribution < -0.4 is 0 Å². The Morgan fingerprint density at radius 3 is 3.23 bits per heavy atom. The Kier molecular flexibility index (Phi) is 1.70. The number of aromatic nitrogens is 2. The number of hydrogen-bond acceptors (Lipinski definition) is 5. The molecule has 0 atom stereocenters. The van der Waals surface area contributed by atoms with Gasteiger partial charge in [-0.1, -0.05) is 10.3 Å². The summed E-state index contributed by atoms with van der Waals surface area (Å²) in [5.41, 5.74) is 1.98. The molecule has 2 aromatic heterocycles. The first-order chi connectivity index (χ1) is 6.31. The molecule has 0 aliphatic heterocycles. The van der Waals surface area contributed by atoms with Crippen LogP contribution in [0.15, 0.2) is 21.9 Å². The third-order valence-electron chi connectivity index (χ3n) is 1.74. The van der Waals surface area contributed by atoms with Gasteiger partial charge in [-0.05, 0) is 13.0 Å². The van der Waals surface area contributed by atoms with Crippen molar-refractivity contribution in [3.8, 4) is 0 Å². The summed E-state index contributed by atoms with van der Waals surface area (Å²) in [7, 11) is 0. The van der Waals surface area contributed by atoms with Crippen LogP contribution in [0.3, 0.4) is 0 Å². The number of oxime groups is 1. The van der Waals surface area contributed by atoms with Gasteiger partial charge in [0.2, 0.25) is 0 Å². The van der Waals surface area contributed by atoms with E-state index in [0.29, 0.717) is 11.3 Å². The molecule has 0 aromatic carbocycles. The zero-order valence-corrected chi connectivity index (χ0v) is 6.93. The molecule has 0 fully saturated rings. The fourth-order valence-corrected chi connectivity index (χ4v) is 1.10. The van der Waals surface area contributed by atoms with Gasteiger partial charge in [0.1, 0.15) is 0 Å². The normalized spacial score (nSPS) is 11.5. The van der Waals surface area contributed by atoms with Crippen molar-refractivity contribution in [2.24, 2.45) is 5.16 Å². The maximum Gasteiger partial charge on any atom is 0.257 e. The lowest BCUT2D eigenvalue weighted by Gasteiger charge is -1.89. The van der Waals surface area contributed by atoms with Gasteiger partial charge in [0.05, 0.1) is 17.3 Å². The van der Waals surface area contributed by atoms with E-state index in [9.17, 15) is 0 Å². The van der Waals surface area contributed by atoms with Gasteiger partial charge in [0, 0.05) is 11.8 Å². The summed E-state index contributed by atoms with van der Waals surface area (Å²) in [6, 6.07) is 1.80. The summed E-state index contributed by atoms with van der Waals surface area (Å²) in [5, 5.41) is 15.8. The van der Waals surface area contributed by atoms with Crippen molar-refractivity contribution in [1.29, 1.82) is 0 Å². The average Bonchev–Trinajstić information content (AvgIpc) is 2.49. The molecule has 0 saturated carbocycles. The molecule has 0 amide bonds. The second kappa shape index (κ2) is 2.85. The van der Waals surface area contributed by atoms with Crippen LogP contribution in [0, 0.1) is 6.92 Å². The summed E-state index contributed by atoms with van der Waals surface area (Å²) >= 11 is 0. The minimum Gasteiger partial charge on any atom is -0.411 e. The van der Waals surface area contributed by atoms with Crippen molar-refractivity contribution in [2.45, 2.75) is 6.92 Å². The highest BCUT2D eigenvalue weighted by Crippen LogP contribution is 2.15. The average molecular weight is 177 g/mol. The smallest absolute Gasteiger partial charge is 0.257 e. The molecule has 1 N–H and O–H groups in total. The first-order valence-corrected chi connectivity index (χ1v) is 3.71. The summed E-state index contributed by atoms with van der Waals surface area (Å²) in [5.74, 6) is 0. The van der Waals surface area contributed by atoms with E-state index in [4.69, 9.17) is 9.73 Å². The molecule has 66 valence electrons. The van der Waals surface area contributed by atoms with Gasteiger partial charge in [0.25, 0.3) is 5.71 Å². The summed E-state index contributed by atoms with van der Waals surface area (Å²) in [4.78, 5) is 3.99. The number of pyridine rings is 1. The van der Waals surface area contributed by atoms with Crippen LogP contribution in [0.25, 0.3) is 11.1 Å². The van der Waals surface area contributed by atoms with Crippen LogP contribution in [-0.2, 0) is 0 Å². The fourth-order valence-electron chi connectivity index (χ4n) is 1.10. The van der Waals surface area contributed by atoms with E-state index in [1.165, 1.54) is 6.21 Å². The molecule has 2 heterocycles. The molecular weight excluding hydrogens is 170 g/mol. The number of rotatable bonds is 1. The van der Waals surface area contributed by atoms with E-state index in [-0.39, 0.29) is 0 Å². The van der Waals surface area contributed by atoms with Crippen molar-refractivity contribution in [3.63, 3.8) is 0 Å². The predicted octanol–water partition coefficient (Wildman–Crippen LogP) is 1.34. The Balaban J connectivity index is 2.65. The molecule has 0 aliphatic carbocycles. The van der Waals surface area contributed by atoms with Crippen molar-refractivity contribution in [1.82, 2.24) is 10.1 Å². The largest absolute Gasteiger partial charge is 0.411 e. The van der Waals surface area contributed by atoms with Gasteiger partial charge in [0.15, 0.2) is 0 Å². The van der Waals surface area contributed by atoms with Crippen molar-refractivity contribution < 1.29 is 9.73 Å². The second-order valence-corrected chi connectivity index (χ2v) is 2.63. The molecule has 0 radical (unpaired) electrons. The highest BCUT2D eigenvalue weighted by Gasteiger charge is 2.04. The fraction of sp³-hybridized carbons (Fsp3) is 0.125. The number of fused-ring (bicyclic) bond motifs is 1. The summed E-state index contributed by atoms with van der Waals surface area (Å²) in [6.45, 7) is 1.83. The Morgan fingerprint density at radius 2 is 2.46 bits per heavy atom. The SMILES string of the molecule is Cc1noc2ncc(/C=N/O)cc12. The van der Waals surface area contributed by atoms with Crippen LogP contribution >= 0.6 is 0 Å². The lowest BCUT2D eigenvalue weighted by atomic mass is 10.2. The van der Waals surface area contributed by atoms with Crippen LogP contribution in [0.2, 0.25) is 0 Å². The molecule has 0 bridgehead atoms. The number of hydrogen-bond donors (Lipinski definition) is 1. The summed E-state index contributed by atoms with van der Waals surface area (Å²) < 4.78 is 4.91. The van der Waals surface area contributed by atoms with Crippen LogP contribution in [0.4, 0.5) is 0 Å². The van der Waals surface area contributed by atoms with E-state index in [0.717, 1.165) is 11.1 Å². The highest BCUT2D eigenvalue weighted by atomic mass is 16.5. The van der Waals surface area contributed by atoms with Gasteiger partial charge in [-0.2, -0.15) is 0 Å². The molecule has 5 nitrogen and oxygen atoms in total. The highest BCUT2D eigenvalue weighted by molar-refractivity contribution is 5.86. The van der Waals surface area contributed by atoms with Gasteiger partial charge in [-0.25, -0.2) is 4.98 Å². The Labute approximate surface area is 73.7 Å². The van der Waals surface area contributed by atoms with Gasteiger partial charge >= 0.3 is 0 Å². The Morgan fingerprint density at radius 1 is 1.62 bits per heavy atom. The van der Waals surface area contributed by atoms with E-state index in [2.05, 4.69) is 15.3 Å². The van der Waals surface area contributed by atoms with Crippen molar-refractivity contribution in [3.05, 3.63) is 23.5 Å². The maximum absolute atomic E-state index is 8.31. The molecule has 2 aromatic rings. The van der Waals surface area contributed by atoms with E-state index in [1.54, 1.807) is 12.3 Å². The minimum absolute atomic E-state index is 0.493. The predicted molar refractivity (Wildman–Crippen MR) is 45.9 cm³/mol. The molecule has 0 aliphatic rings. The van der Waals surface area contributed by atoms with E-state index >= 15 is 0 Å². The Bertz CT molecular complexity index is 461. The topological polar surface area (TPSA) is 71.5 Å². The molecule has 13 heavy (non-hydrogen) atoms. The first-order valence-electron chi connectivity index (χ1n) is 3.71. The molecule has 0 unspecified atom stereocenters. The van der Waals surface area contributed by atoms with Gasteiger partial charge < -0.3 is 9.73 Å². The lowest BCUT2D eigenvalue weighted by molar-refractivity contribution is 0.322. The van der Waals surface area contributed by atoms with E-state index < -0.39 is 0 Å². The monoisotopic (exact) mass is 177 g/mol. The third kappa shape index (κ3) is 1.24.